The van der Waals surface area contributed by atoms with Crippen molar-refractivity contribution < 1.29 is 18.3 Å². The van der Waals surface area contributed by atoms with Crippen LogP contribution in [-0.2, 0) is 10.3 Å². The number of carbonyl (C=O) groups excluding carboxylic acids is 1. The molecular weight excluding hydrogens is 498 g/mol. The first-order valence-corrected chi connectivity index (χ1v) is 13.4. The fraction of sp³-hybridized carbons (Fsp3) is 0.355. The van der Waals surface area contributed by atoms with Gasteiger partial charge in [-0.3, -0.25) is 14.6 Å². The average Bonchev–Trinajstić information content (AvgIpc) is 3.22. The van der Waals surface area contributed by atoms with Gasteiger partial charge in [0.2, 0.25) is 0 Å². The lowest BCUT2D eigenvalue weighted by molar-refractivity contribution is -0.130. The number of ether oxygens (including phenoxy) is 1. The van der Waals surface area contributed by atoms with Crippen LogP contribution in [0, 0.1) is 11.6 Å². The number of carbonyl (C=O) groups is 1. The fourth-order valence-electron chi connectivity index (χ4n) is 5.59. The van der Waals surface area contributed by atoms with Gasteiger partial charge in [-0.25, -0.2) is 13.8 Å². The first-order valence-electron chi connectivity index (χ1n) is 13.4. The zero-order chi connectivity index (χ0) is 27.6. The summed E-state index contributed by atoms with van der Waals surface area (Å²) in [5.41, 5.74) is 0.948. The maximum atomic E-state index is 14.0. The Morgan fingerprint density at radius 2 is 1.41 bits per heavy atom. The van der Waals surface area contributed by atoms with Crippen LogP contribution < -0.4 is 9.64 Å². The second-order valence-corrected chi connectivity index (χ2v) is 10.2. The number of rotatable bonds is 8. The predicted molar refractivity (Wildman–Crippen MR) is 149 cm³/mol. The van der Waals surface area contributed by atoms with Crippen LogP contribution in [0.5, 0.6) is 5.75 Å². The van der Waals surface area contributed by atoms with Crippen molar-refractivity contribution in [1.82, 2.24) is 9.80 Å². The second-order valence-electron chi connectivity index (χ2n) is 10.2. The number of anilines is 1. The number of hydrogen-bond acceptors (Lipinski definition) is 5. The third-order valence-electron chi connectivity index (χ3n) is 7.94. The van der Waals surface area contributed by atoms with Crippen molar-refractivity contribution in [3.63, 3.8) is 0 Å². The summed E-state index contributed by atoms with van der Waals surface area (Å²) < 4.78 is 32.8. The number of amides is 1. The molecule has 1 unspecified atom stereocenters. The number of benzene rings is 3. The third-order valence-corrected chi connectivity index (χ3v) is 7.94. The summed E-state index contributed by atoms with van der Waals surface area (Å²) in [6.45, 7) is 8.26. The van der Waals surface area contributed by atoms with Crippen molar-refractivity contribution >= 4 is 17.4 Å². The van der Waals surface area contributed by atoms with Crippen LogP contribution in [0.1, 0.15) is 31.4 Å². The molecule has 5 rings (SSSR count). The largest absolute Gasteiger partial charge is 0.497 e. The lowest BCUT2D eigenvalue weighted by Crippen LogP contribution is -2.50. The van der Waals surface area contributed by atoms with Crippen LogP contribution in [0.25, 0.3) is 0 Å². The molecule has 1 atom stereocenters. The Kier molecular flexibility index (Phi) is 7.66. The third kappa shape index (κ3) is 5.26. The molecule has 0 aliphatic carbocycles. The summed E-state index contributed by atoms with van der Waals surface area (Å²) in [7, 11) is 1.67. The zero-order valence-corrected chi connectivity index (χ0v) is 22.6. The molecule has 0 spiro atoms. The Hall–Kier alpha value is -3.78. The number of methoxy groups -OCH3 is 1. The molecule has 3 aromatic rings. The molecule has 0 N–H and O–H groups in total. The SMILES string of the molecule is COc1ccc(N2CCN(C(C)CCN3C(=O)C(c4ccc(F)cc4)(c4ccc(F)cc4)N=C3C)CC2)cc1. The quantitative estimate of drug-likeness (QED) is 0.406. The summed E-state index contributed by atoms with van der Waals surface area (Å²) >= 11 is 0. The molecule has 6 nitrogen and oxygen atoms in total. The molecule has 2 aliphatic rings. The summed E-state index contributed by atoms with van der Waals surface area (Å²) in [4.78, 5) is 25.4. The van der Waals surface area contributed by atoms with Crippen LogP contribution in [0.2, 0.25) is 0 Å². The van der Waals surface area contributed by atoms with E-state index in [4.69, 9.17) is 9.73 Å². The van der Waals surface area contributed by atoms with E-state index in [-0.39, 0.29) is 11.9 Å². The number of hydrogen-bond donors (Lipinski definition) is 0. The van der Waals surface area contributed by atoms with Crippen molar-refractivity contribution in [2.45, 2.75) is 31.8 Å². The molecule has 0 bridgehead atoms. The molecule has 8 heteroatoms. The van der Waals surface area contributed by atoms with Crippen LogP contribution in [0.3, 0.4) is 0 Å². The van der Waals surface area contributed by atoms with Gasteiger partial charge in [0, 0.05) is 44.5 Å². The molecule has 2 heterocycles. The maximum Gasteiger partial charge on any atom is 0.265 e. The molecule has 1 fully saturated rings. The first kappa shape index (κ1) is 26.8. The summed E-state index contributed by atoms with van der Waals surface area (Å²) in [5.74, 6) is 0.470. The van der Waals surface area contributed by atoms with Gasteiger partial charge in [0.25, 0.3) is 5.91 Å². The van der Waals surface area contributed by atoms with Gasteiger partial charge < -0.3 is 9.64 Å². The van der Waals surface area contributed by atoms with Gasteiger partial charge in [-0.2, -0.15) is 0 Å². The van der Waals surface area contributed by atoms with E-state index in [1.54, 1.807) is 36.3 Å². The summed E-state index contributed by atoms with van der Waals surface area (Å²) in [5, 5.41) is 0. The van der Waals surface area contributed by atoms with Crippen LogP contribution in [0.4, 0.5) is 14.5 Å². The maximum absolute atomic E-state index is 14.0. The lowest BCUT2D eigenvalue weighted by atomic mass is 9.82. The van der Waals surface area contributed by atoms with E-state index in [2.05, 4.69) is 28.9 Å². The van der Waals surface area contributed by atoms with Gasteiger partial charge in [-0.05, 0) is 79.9 Å². The van der Waals surface area contributed by atoms with Gasteiger partial charge in [-0.1, -0.05) is 24.3 Å². The minimum Gasteiger partial charge on any atom is -0.497 e. The van der Waals surface area contributed by atoms with Gasteiger partial charge in [0.1, 0.15) is 23.2 Å². The van der Waals surface area contributed by atoms with Crippen molar-refractivity contribution in [3.8, 4) is 5.75 Å². The van der Waals surface area contributed by atoms with E-state index in [0.717, 1.165) is 38.3 Å². The molecule has 0 radical (unpaired) electrons. The van der Waals surface area contributed by atoms with E-state index in [9.17, 15) is 13.6 Å². The van der Waals surface area contributed by atoms with Crippen LogP contribution >= 0.6 is 0 Å². The molecule has 2 aliphatic heterocycles. The summed E-state index contributed by atoms with van der Waals surface area (Å²) in [6.07, 6.45) is 0.782. The van der Waals surface area contributed by atoms with Crippen molar-refractivity contribution in [1.29, 1.82) is 0 Å². The number of nitrogens with zero attached hydrogens (tertiary/aromatic N) is 4. The molecule has 1 amide bonds. The average molecular weight is 533 g/mol. The summed E-state index contributed by atoms with van der Waals surface area (Å²) in [6, 6.07) is 20.1. The minimum atomic E-state index is -1.36. The Labute approximate surface area is 228 Å². The minimum absolute atomic E-state index is 0.199. The van der Waals surface area contributed by atoms with Crippen molar-refractivity contribution in [2.75, 3.05) is 44.7 Å². The fourth-order valence-corrected chi connectivity index (χ4v) is 5.59. The molecule has 3 aromatic carbocycles. The van der Waals surface area contributed by atoms with E-state index in [1.165, 1.54) is 30.0 Å². The highest BCUT2D eigenvalue weighted by Gasteiger charge is 2.50. The number of halogens is 2. The lowest BCUT2D eigenvalue weighted by Gasteiger charge is -2.39. The molecule has 1 saturated heterocycles. The highest BCUT2D eigenvalue weighted by molar-refractivity contribution is 6.09. The Bertz CT molecular complexity index is 1270. The molecule has 0 saturated carbocycles. The Morgan fingerprint density at radius 1 is 0.872 bits per heavy atom. The Morgan fingerprint density at radius 3 is 1.92 bits per heavy atom. The number of piperazine rings is 1. The molecular formula is C31H34F2N4O2. The predicted octanol–water partition coefficient (Wildman–Crippen LogP) is 5.08. The number of amidine groups is 1. The standard InChI is InChI=1S/C31H34F2N4O2/c1-22(35-18-20-36(21-19-35)28-12-14-29(39-3)15-13-28)16-17-37-23(2)34-31(30(37)38,24-4-8-26(32)9-5-24)25-6-10-27(33)11-7-25/h4-15,22H,16-21H2,1-3H3. The monoisotopic (exact) mass is 532 g/mol. The zero-order valence-electron chi connectivity index (χ0n) is 22.6. The van der Waals surface area contributed by atoms with E-state index < -0.39 is 17.2 Å². The smallest absolute Gasteiger partial charge is 0.265 e. The molecule has 39 heavy (non-hydrogen) atoms. The van der Waals surface area contributed by atoms with Crippen molar-refractivity contribution in [2.24, 2.45) is 4.99 Å². The van der Waals surface area contributed by atoms with Gasteiger partial charge in [0.15, 0.2) is 5.54 Å². The molecule has 0 aromatic heterocycles. The van der Waals surface area contributed by atoms with E-state index in [1.807, 2.05) is 19.1 Å². The van der Waals surface area contributed by atoms with Gasteiger partial charge in [-0.15, -0.1) is 0 Å². The van der Waals surface area contributed by atoms with Crippen LogP contribution in [0.15, 0.2) is 77.8 Å². The van der Waals surface area contributed by atoms with Gasteiger partial charge in [0.05, 0.1) is 7.11 Å². The molecule has 204 valence electrons. The highest BCUT2D eigenvalue weighted by Crippen LogP contribution is 2.40. The first-order chi connectivity index (χ1) is 18.8. The highest BCUT2D eigenvalue weighted by atomic mass is 19.1. The van der Waals surface area contributed by atoms with E-state index in [0.29, 0.717) is 23.5 Å². The Balaban J connectivity index is 1.26. The van der Waals surface area contributed by atoms with Crippen molar-refractivity contribution in [3.05, 3.63) is 95.6 Å². The van der Waals surface area contributed by atoms with E-state index >= 15 is 0 Å². The van der Waals surface area contributed by atoms with Gasteiger partial charge >= 0.3 is 0 Å². The van der Waals surface area contributed by atoms with Crippen LogP contribution in [-0.4, -0.2) is 67.4 Å². The number of aliphatic imine (C=N–C) groups is 1. The normalized spacial score (nSPS) is 18.3. The second kappa shape index (κ2) is 11.1. The topological polar surface area (TPSA) is 48.4 Å².